The smallest absolute Gasteiger partial charge is 0.312 e. The molecule has 0 bridgehead atoms. The highest BCUT2D eigenvalue weighted by molar-refractivity contribution is 5.76. The van der Waals surface area contributed by atoms with Crippen LogP contribution in [0.2, 0.25) is 0 Å². The largest absolute Gasteiger partial charge is 0.459 e. The molecule has 0 saturated heterocycles. The highest BCUT2D eigenvalue weighted by Crippen LogP contribution is 2.38. The van der Waals surface area contributed by atoms with Crippen LogP contribution in [-0.2, 0) is 9.53 Å². The van der Waals surface area contributed by atoms with Crippen molar-refractivity contribution in [3.8, 4) is 0 Å². The molecule has 1 aliphatic rings. The van der Waals surface area contributed by atoms with Crippen molar-refractivity contribution in [2.75, 3.05) is 0 Å². The van der Waals surface area contributed by atoms with Gasteiger partial charge in [0, 0.05) is 0 Å². The van der Waals surface area contributed by atoms with Gasteiger partial charge in [-0.25, -0.2) is 0 Å². The SMILES string of the molecule is C.C.CCC1(OC(=O)C(C)(C)CC)CCCC1. The first kappa shape index (κ1) is 18.8. The first-order valence-electron chi connectivity index (χ1n) is 6.19. The van der Waals surface area contributed by atoms with E-state index in [1.807, 2.05) is 20.8 Å². The summed E-state index contributed by atoms with van der Waals surface area (Å²) in [5, 5.41) is 0. The van der Waals surface area contributed by atoms with Gasteiger partial charge in [0.15, 0.2) is 0 Å². The van der Waals surface area contributed by atoms with E-state index in [0.29, 0.717) is 0 Å². The summed E-state index contributed by atoms with van der Waals surface area (Å²) in [5.41, 5.74) is -0.464. The summed E-state index contributed by atoms with van der Waals surface area (Å²) < 4.78 is 5.76. The molecule has 2 nitrogen and oxygen atoms in total. The average Bonchev–Trinajstić information content (AvgIpc) is 2.67. The summed E-state index contributed by atoms with van der Waals surface area (Å²) >= 11 is 0. The normalized spacial score (nSPS) is 17.9. The number of carbonyl (C=O) groups excluding carboxylic acids is 1. The monoisotopic (exact) mass is 244 g/mol. The van der Waals surface area contributed by atoms with Crippen molar-refractivity contribution in [1.82, 2.24) is 0 Å². The van der Waals surface area contributed by atoms with Crippen LogP contribution in [-0.4, -0.2) is 11.6 Å². The topological polar surface area (TPSA) is 26.3 Å². The summed E-state index contributed by atoms with van der Waals surface area (Å²) in [6.07, 6.45) is 6.30. The zero-order valence-electron chi connectivity index (χ0n) is 10.6. The number of carbonyl (C=O) groups is 1. The van der Waals surface area contributed by atoms with E-state index in [1.165, 1.54) is 12.8 Å². The molecule has 0 radical (unpaired) electrons. The number of hydrogen-bond acceptors (Lipinski definition) is 2. The molecule has 0 N–H and O–H groups in total. The fraction of sp³-hybridized carbons (Fsp3) is 0.933. The maximum Gasteiger partial charge on any atom is 0.312 e. The number of hydrogen-bond donors (Lipinski definition) is 0. The maximum absolute atomic E-state index is 12.0. The van der Waals surface area contributed by atoms with Crippen molar-refractivity contribution in [1.29, 1.82) is 0 Å². The van der Waals surface area contributed by atoms with Gasteiger partial charge in [-0.1, -0.05) is 28.7 Å². The molecule has 17 heavy (non-hydrogen) atoms. The second-order valence-electron chi connectivity index (χ2n) is 5.37. The molecule has 0 aliphatic heterocycles. The van der Waals surface area contributed by atoms with E-state index >= 15 is 0 Å². The zero-order chi connectivity index (χ0) is 11.5. The molecule has 0 atom stereocenters. The van der Waals surface area contributed by atoms with Crippen LogP contribution < -0.4 is 0 Å². The Hall–Kier alpha value is -0.530. The van der Waals surface area contributed by atoms with E-state index < -0.39 is 0 Å². The van der Waals surface area contributed by atoms with Gasteiger partial charge >= 0.3 is 5.97 Å². The van der Waals surface area contributed by atoms with Crippen LogP contribution in [0.15, 0.2) is 0 Å². The first-order valence-corrected chi connectivity index (χ1v) is 6.19. The first-order chi connectivity index (χ1) is 6.96. The minimum absolute atomic E-state index is 0. The van der Waals surface area contributed by atoms with Gasteiger partial charge in [0.25, 0.3) is 0 Å². The lowest BCUT2D eigenvalue weighted by Gasteiger charge is -2.32. The molecule has 0 aromatic heterocycles. The summed E-state index contributed by atoms with van der Waals surface area (Å²) in [6.45, 7) is 8.09. The number of rotatable bonds is 4. The molecule has 0 aromatic rings. The summed E-state index contributed by atoms with van der Waals surface area (Å²) in [4.78, 5) is 12.0. The highest BCUT2D eigenvalue weighted by Gasteiger charge is 2.39. The van der Waals surface area contributed by atoms with Crippen molar-refractivity contribution < 1.29 is 9.53 Å². The molecule has 1 aliphatic carbocycles. The molecule has 0 heterocycles. The van der Waals surface area contributed by atoms with E-state index in [-0.39, 0.29) is 31.8 Å². The lowest BCUT2D eigenvalue weighted by Crippen LogP contribution is -2.37. The molecule has 1 fully saturated rings. The Morgan fingerprint density at radius 3 is 2.00 bits per heavy atom. The number of ether oxygens (including phenoxy) is 1. The summed E-state index contributed by atoms with van der Waals surface area (Å²) in [5.74, 6) is -0.0197. The van der Waals surface area contributed by atoms with Crippen molar-refractivity contribution in [3.63, 3.8) is 0 Å². The van der Waals surface area contributed by atoms with E-state index in [2.05, 4.69) is 6.92 Å². The Kier molecular flexibility index (Phi) is 7.78. The average molecular weight is 244 g/mol. The van der Waals surface area contributed by atoms with Gasteiger partial charge in [0.2, 0.25) is 0 Å². The zero-order valence-corrected chi connectivity index (χ0v) is 10.6. The van der Waals surface area contributed by atoms with Crippen molar-refractivity contribution in [3.05, 3.63) is 0 Å². The van der Waals surface area contributed by atoms with Crippen LogP contribution in [0, 0.1) is 5.41 Å². The highest BCUT2D eigenvalue weighted by atomic mass is 16.6. The Morgan fingerprint density at radius 1 is 1.18 bits per heavy atom. The van der Waals surface area contributed by atoms with Crippen LogP contribution in [0.1, 0.15) is 81.1 Å². The fourth-order valence-electron chi connectivity index (χ4n) is 2.03. The van der Waals surface area contributed by atoms with Gasteiger partial charge in [-0.3, -0.25) is 4.79 Å². The molecule has 0 amide bonds. The predicted octanol–water partition coefficient (Wildman–Crippen LogP) is 4.96. The van der Waals surface area contributed by atoms with Crippen LogP contribution in [0.5, 0.6) is 0 Å². The van der Waals surface area contributed by atoms with E-state index in [4.69, 9.17) is 4.74 Å². The van der Waals surface area contributed by atoms with Gasteiger partial charge in [0.05, 0.1) is 5.41 Å². The summed E-state index contributed by atoms with van der Waals surface area (Å²) in [7, 11) is 0. The fourth-order valence-corrected chi connectivity index (χ4v) is 2.03. The van der Waals surface area contributed by atoms with Crippen LogP contribution in [0.4, 0.5) is 0 Å². The molecule has 1 rings (SSSR count). The third-order valence-electron chi connectivity index (χ3n) is 3.90. The Balaban J connectivity index is 0. The summed E-state index contributed by atoms with van der Waals surface area (Å²) in [6, 6.07) is 0. The van der Waals surface area contributed by atoms with Crippen LogP contribution >= 0.6 is 0 Å². The molecule has 0 spiro atoms. The van der Waals surface area contributed by atoms with Crippen molar-refractivity contribution in [2.24, 2.45) is 5.41 Å². The second-order valence-corrected chi connectivity index (χ2v) is 5.37. The van der Waals surface area contributed by atoms with Crippen molar-refractivity contribution in [2.45, 2.75) is 86.7 Å². The van der Waals surface area contributed by atoms with Gasteiger partial charge in [0.1, 0.15) is 5.60 Å². The third-order valence-corrected chi connectivity index (χ3v) is 3.90. The quantitative estimate of drug-likeness (QED) is 0.653. The molecule has 2 heteroatoms. The predicted molar refractivity (Wildman–Crippen MR) is 75.1 cm³/mol. The van der Waals surface area contributed by atoms with Gasteiger partial charge < -0.3 is 4.74 Å². The molecular weight excluding hydrogens is 212 g/mol. The number of esters is 1. The van der Waals surface area contributed by atoms with E-state index in [0.717, 1.165) is 25.7 Å². The Morgan fingerprint density at radius 2 is 1.65 bits per heavy atom. The molecular formula is C15H32O2. The standard InChI is InChI=1S/C13H24O2.2CH4/c1-5-12(3,4)11(14)15-13(6-2)9-7-8-10-13;;/h5-10H2,1-4H3;2*1H4. The van der Waals surface area contributed by atoms with Gasteiger partial charge in [-0.15, -0.1) is 0 Å². The second kappa shape index (κ2) is 7.03. The van der Waals surface area contributed by atoms with Crippen LogP contribution in [0.3, 0.4) is 0 Å². The Bertz CT molecular complexity index is 225. The Labute approximate surface area is 108 Å². The molecule has 0 unspecified atom stereocenters. The molecule has 0 aromatic carbocycles. The van der Waals surface area contributed by atoms with Gasteiger partial charge in [-0.05, 0) is 52.4 Å². The lowest BCUT2D eigenvalue weighted by atomic mass is 9.89. The van der Waals surface area contributed by atoms with Crippen molar-refractivity contribution >= 4 is 5.97 Å². The van der Waals surface area contributed by atoms with E-state index in [1.54, 1.807) is 0 Å². The maximum atomic E-state index is 12.0. The minimum atomic E-state index is -0.329. The van der Waals surface area contributed by atoms with Crippen LogP contribution in [0.25, 0.3) is 0 Å². The molecule has 104 valence electrons. The lowest BCUT2D eigenvalue weighted by molar-refractivity contribution is -0.170. The minimum Gasteiger partial charge on any atom is -0.459 e. The molecule has 1 saturated carbocycles. The van der Waals surface area contributed by atoms with Gasteiger partial charge in [-0.2, -0.15) is 0 Å². The van der Waals surface area contributed by atoms with E-state index in [9.17, 15) is 4.79 Å². The third kappa shape index (κ3) is 4.33.